The normalized spacial score (nSPS) is 18.2. The standard InChI is InChI=1S/C15H16BN4O7/c21-14(13-17-7-18-19-13)20-5-9(6-20)26-10-2-1-8-3-4-16(24,25)27-12(8)11(10)15(22)23/h1-2,7,9,24-25H,3-6H2,(H,22,23)(H,17,18,19)/q-1. The van der Waals surface area contributed by atoms with Gasteiger partial charge in [0.2, 0.25) is 5.82 Å². The Balaban J connectivity index is 1.50. The molecule has 11 nitrogen and oxygen atoms in total. The second-order valence-corrected chi connectivity index (χ2v) is 6.52. The SMILES string of the molecule is O=C(O)c1c(OC2CN(C(=O)c3nc[nH]n3)C2)ccc2c1O[B-](O)(O)CC2. The number of nitrogens with zero attached hydrogens (tertiary/aromatic N) is 3. The number of carbonyl (C=O) groups is 2. The number of ether oxygens (including phenoxy) is 1. The smallest absolute Gasteiger partial charge is 0.430 e. The van der Waals surface area contributed by atoms with Gasteiger partial charge in [-0.25, -0.2) is 9.78 Å². The van der Waals surface area contributed by atoms with Crippen molar-refractivity contribution in [3.63, 3.8) is 0 Å². The molecule has 27 heavy (non-hydrogen) atoms. The fourth-order valence-corrected chi connectivity index (χ4v) is 3.14. The van der Waals surface area contributed by atoms with Crippen molar-refractivity contribution in [3.05, 3.63) is 35.4 Å². The lowest BCUT2D eigenvalue weighted by atomic mass is 9.70. The van der Waals surface area contributed by atoms with E-state index in [1.165, 1.54) is 17.3 Å². The number of aromatic carboxylic acids is 1. The van der Waals surface area contributed by atoms with Crippen LogP contribution < -0.4 is 9.39 Å². The average Bonchev–Trinajstić information content (AvgIpc) is 3.10. The van der Waals surface area contributed by atoms with Gasteiger partial charge < -0.3 is 29.4 Å². The topological polar surface area (TPSA) is 158 Å². The van der Waals surface area contributed by atoms with E-state index in [4.69, 9.17) is 9.39 Å². The predicted molar refractivity (Wildman–Crippen MR) is 89.4 cm³/mol. The first-order valence-electron chi connectivity index (χ1n) is 8.34. The number of carboxylic acids is 1. The number of fused-ring (bicyclic) bond motifs is 1. The van der Waals surface area contributed by atoms with Gasteiger partial charge in [0.25, 0.3) is 5.91 Å². The van der Waals surface area contributed by atoms with Gasteiger partial charge >= 0.3 is 12.7 Å². The molecule has 3 heterocycles. The van der Waals surface area contributed by atoms with Gasteiger partial charge in [-0.05, 0) is 18.1 Å². The largest absolute Gasteiger partial charge is 0.669 e. The molecule has 4 rings (SSSR count). The summed E-state index contributed by atoms with van der Waals surface area (Å²) in [5.41, 5.74) is 0.302. The third-order valence-electron chi connectivity index (χ3n) is 4.55. The van der Waals surface area contributed by atoms with E-state index in [2.05, 4.69) is 15.2 Å². The Morgan fingerprint density at radius 1 is 1.33 bits per heavy atom. The Labute approximate surface area is 152 Å². The number of aryl methyl sites for hydroxylation is 1. The van der Waals surface area contributed by atoms with Gasteiger partial charge in [0.15, 0.2) is 0 Å². The van der Waals surface area contributed by atoms with Crippen molar-refractivity contribution in [1.82, 2.24) is 20.1 Å². The van der Waals surface area contributed by atoms with Crippen molar-refractivity contribution in [2.75, 3.05) is 13.1 Å². The third-order valence-corrected chi connectivity index (χ3v) is 4.55. The van der Waals surface area contributed by atoms with Crippen molar-refractivity contribution in [2.45, 2.75) is 18.8 Å². The summed E-state index contributed by atoms with van der Waals surface area (Å²) in [6.07, 6.45) is 1.17. The molecular weight excluding hydrogens is 359 g/mol. The quantitative estimate of drug-likeness (QED) is 0.505. The second-order valence-electron chi connectivity index (χ2n) is 6.52. The number of benzene rings is 1. The number of nitrogens with one attached hydrogen (secondary N) is 1. The molecule has 0 bridgehead atoms. The van der Waals surface area contributed by atoms with Crippen molar-refractivity contribution >= 4 is 18.6 Å². The molecule has 1 amide bonds. The summed E-state index contributed by atoms with van der Waals surface area (Å²) in [5.74, 6) is -1.65. The molecule has 12 heteroatoms. The van der Waals surface area contributed by atoms with E-state index >= 15 is 0 Å². The van der Waals surface area contributed by atoms with Gasteiger partial charge in [0.1, 0.15) is 23.7 Å². The van der Waals surface area contributed by atoms with Crippen LogP contribution in [0.15, 0.2) is 18.5 Å². The van der Waals surface area contributed by atoms with Crippen LogP contribution in [0.1, 0.15) is 26.5 Å². The molecule has 2 aliphatic heterocycles. The van der Waals surface area contributed by atoms with E-state index in [-0.39, 0.29) is 54.6 Å². The minimum Gasteiger partial charge on any atom is -0.669 e. The molecule has 4 N–H and O–H groups in total. The summed E-state index contributed by atoms with van der Waals surface area (Å²) in [6.45, 7) is -2.60. The van der Waals surface area contributed by atoms with Gasteiger partial charge in [0.05, 0.1) is 18.8 Å². The summed E-state index contributed by atoms with van der Waals surface area (Å²) in [4.78, 5) is 29.1. The molecule has 1 aromatic carbocycles. The van der Waals surface area contributed by atoms with Crippen molar-refractivity contribution in [2.24, 2.45) is 0 Å². The highest BCUT2D eigenvalue weighted by Crippen LogP contribution is 2.38. The Morgan fingerprint density at radius 3 is 2.78 bits per heavy atom. The van der Waals surface area contributed by atoms with Crippen LogP contribution >= 0.6 is 0 Å². The van der Waals surface area contributed by atoms with Crippen molar-refractivity contribution in [3.8, 4) is 11.5 Å². The van der Waals surface area contributed by atoms with E-state index in [1.807, 2.05) is 0 Å². The molecule has 1 fully saturated rings. The first-order chi connectivity index (χ1) is 12.8. The molecule has 0 unspecified atom stereocenters. The molecule has 142 valence electrons. The molecule has 0 radical (unpaired) electrons. The second kappa shape index (κ2) is 6.25. The zero-order valence-electron chi connectivity index (χ0n) is 14.0. The van der Waals surface area contributed by atoms with Crippen LogP contribution in [0, 0.1) is 0 Å². The highest BCUT2D eigenvalue weighted by Gasteiger charge is 2.37. The summed E-state index contributed by atoms with van der Waals surface area (Å²) in [6, 6.07) is 3.15. The van der Waals surface area contributed by atoms with Gasteiger partial charge in [-0.1, -0.05) is 12.4 Å². The Kier molecular flexibility index (Phi) is 4.00. The predicted octanol–water partition coefficient (Wildman–Crippen LogP) is -0.735. The molecule has 0 spiro atoms. The lowest BCUT2D eigenvalue weighted by molar-refractivity contribution is 0.0160. The number of H-pyrrole nitrogens is 1. The fraction of sp³-hybridized carbons (Fsp3) is 0.333. The molecule has 0 aliphatic carbocycles. The maximum atomic E-state index is 12.1. The monoisotopic (exact) mass is 375 g/mol. The summed E-state index contributed by atoms with van der Waals surface area (Å²) < 4.78 is 10.8. The van der Waals surface area contributed by atoms with Gasteiger partial charge in [-0.15, -0.1) is 5.10 Å². The van der Waals surface area contributed by atoms with E-state index < -0.39 is 18.8 Å². The number of hydrogen-bond acceptors (Lipinski definition) is 8. The molecule has 1 saturated heterocycles. The Bertz CT molecular complexity index is 896. The van der Waals surface area contributed by atoms with E-state index in [1.54, 1.807) is 6.07 Å². The maximum absolute atomic E-state index is 12.1. The first kappa shape index (κ1) is 17.3. The number of aromatic amines is 1. The number of hydrogen-bond donors (Lipinski definition) is 4. The van der Waals surface area contributed by atoms with Crippen molar-refractivity contribution in [1.29, 1.82) is 0 Å². The Morgan fingerprint density at radius 2 is 2.11 bits per heavy atom. The van der Waals surface area contributed by atoms with Crippen LogP contribution in [-0.4, -0.2) is 73.1 Å². The summed E-state index contributed by atoms with van der Waals surface area (Å²) in [7, 11) is 0. The van der Waals surface area contributed by atoms with Gasteiger partial charge in [-0.3, -0.25) is 9.89 Å². The molecule has 0 atom stereocenters. The van der Waals surface area contributed by atoms with Crippen LogP contribution in [0.4, 0.5) is 0 Å². The van der Waals surface area contributed by atoms with Crippen LogP contribution in [0.5, 0.6) is 11.5 Å². The lowest BCUT2D eigenvalue weighted by Gasteiger charge is -2.40. The number of carbonyl (C=O) groups excluding carboxylic acids is 1. The highest BCUT2D eigenvalue weighted by atomic mass is 16.6. The lowest BCUT2D eigenvalue weighted by Crippen LogP contribution is -2.56. The number of likely N-dealkylation sites (tertiary alicyclic amines) is 1. The van der Waals surface area contributed by atoms with Crippen LogP contribution in [-0.2, 0) is 6.42 Å². The number of carboxylic acid groups (broad SMARTS) is 1. The molecule has 2 aromatic rings. The minimum atomic E-state index is -3.10. The van der Waals surface area contributed by atoms with Gasteiger partial charge in [0, 0.05) is 0 Å². The van der Waals surface area contributed by atoms with Crippen LogP contribution in [0.2, 0.25) is 6.32 Å². The zero-order valence-corrected chi connectivity index (χ0v) is 14.0. The molecule has 2 aliphatic rings. The number of rotatable bonds is 4. The maximum Gasteiger partial charge on any atom is 0.430 e. The van der Waals surface area contributed by atoms with Crippen LogP contribution in [0.25, 0.3) is 0 Å². The number of aromatic nitrogens is 3. The Hall–Kier alpha value is -3.12. The average molecular weight is 375 g/mol. The molecule has 0 saturated carbocycles. The summed E-state index contributed by atoms with van der Waals surface area (Å²) >= 11 is 0. The zero-order chi connectivity index (χ0) is 19.2. The highest BCUT2D eigenvalue weighted by molar-refractivity contribution is 6.59. The fourth-order valence-electron chi connectivity index (χ4n) is 3.14. The number of amides is 1. The van der Waals surface area contributed by atoms with Crippen molar-refractivity contribution < 1.29 is 34.1 Å². The third kappa shape index (κ3) is 3.20. The molecule has 1 aromatic heterocycles. The molecular formula is C15H16BN4O7-. The van der Waals surface area contributed by atoms with Gasteiger partial charge in [-0.2, -0.15) is 0 Å². The minimum absolute atomic E-state index is 0.00676. The van der Waals surface area contributed by atoms with Crippen LogP contribution in [0.3, 0.4) is 0 Å². The van der Waals surface area contributed by atoms with E-state index in [0.29, 0.717) is 5.56 Å². The summed E-state index contributed by atoms with van der Waals surface area (Å²) in [5, 5.41) is 35.2. The van der Waals surface area contributed by atoms with E-state index in [0.717, 1.165) is 0 Å². The first-order valence-corrected chi connectivity index (χ1v) is 8.34. The van der Waals surface area contributed by atoms with E-state index in [9.17, 15) is 24.7 Å².